The molecule has 3 aromatic rings. The van der Waals surface area contributed by atoms with Crippen molar-refractivity contribution in [2.24, 2.45) is 0 Å². The van der Waals surface area contributed by atoms with Crippen LogP contribution < -0.4 is 0 Å². The van der Waals surface area contributed by atoms with E-state index in [1.54, 1.807) is 0 Å². The lowest BCUT2D eigenvalue weighted by Crippen LogP contribution is -2.04. The first-order valence-corrected chi connectivity index (χ1v) is 7.59. The third-order valence-corrected chi connectivity index (χ3v) is 3.66. The number of nitrogens with zero attached hydrogens (tertiary/aromatic N) is 3. The minimum Gasteiger partial charge on any atom is -0.229 e. The molecule has 0 unspecified atom stereocenters. The Kier molecular flexibility index (Phi) is 4.16. The van der Waals surface area contributed by atoms with Gasteiger partial charge in [0.2, 0.25) is 0 Å². The van der Waals surface area contributed by atoms with Crippen molar-refractivity contribution in [2.45, 2.75) is 19.8 Å². The Morgan fingerprint density at radius 2 is 1.50 bits per heavy atom. The zero-order valence-electron chi connectivity index (χ0n) is 12.5. The Bertz CT molecular complexity index is 768. The highest BCUT2D eigenvalue weighted by Gasteiger charge is 2.15. The van der Waals surface area contributed by atoms with Gasteiger partial charge < -0.3 is 0 Å². The summed E-state index contributed by atoms with van der Waals surface area (Å²) in [5, 5.41) is 9.42. The number of halogens is 1. The van der Waals surface area contributed by atoms with E-state index in [1.807, 2.05) is 54.6 Å². The Balaban J connectivity index is 2.10. The third kappa shape index (κ3) is 3.00. The molecule has 0 aliphatic carbocycles. The van der Waals surface area contributed by atoms with Crippen molar-refractivity contribution in [2.75, 3.05) is 0 Å². The SMILES string of the molecule is CC(C)c1nc(-c2ccccc2)nnc1-c1ccc(Cl)cc1. The number of benzene rings is 2. The predicted octanol–water partition coefficient (Wildman–Crippen LogP) is 4.98. The van der Waals surface area contributed by atoms with E-state index in [4.69, 9.17) is 16.6 Å². The Morgan fingerprint density at radius 3 is 2.14 bits per heavy atom. The monoisotopic (exact) mass is 309 g/mol. The van der Waals surface area contributed by atoms with Crippen LogP contribution in [0.5, 0.6) is 0 Å². The molecule has 0 atom stereocenters. The topological polar surface area (TPSA) is 38.7 Å². The van der Waals surface area contributed by atoms with Crippen LogP contribution in [0.4, 0.5) is 0 Å². The number of hydrogen-bond donors (Lipinski definition) is 0. The van der Waals surface area contributed by atoms with Gasteiger partial charge in [-0.3, -0.25) is 0 Å². The van der Waals surface area contributed by atoms with Gasteiger partial charge in [0.25, 0.3) is 0 Å². The lowest BCUT2D eigenvalue weighted by atomic mass is 10.0. The molecule has 1 aromatic heterocycles. The molecule has 0 aliphatic rings. The Morgan fingerprint density at radius 1 is 0.818 bits per heavy atom. The molecule has 110 valence electrons. The molecule has 3 rings (SSSR count). The summed E-state index contributed by atoms with van der Waals surface area (Å²) in [6, 6.07) is 17.5. The van der Waals surface area contributed by atoms with E-state index in [2.05, 4.69) is 24.0 Å². The predicted molar refractivity (Wildman–Crippen MR) is 89.8 cm³/mol. The summed E-state index contributed by atoms with van der Waals surface area (Å²) in [4.78, 5) is 4.73. The van der Waals surface area contributed by atoms with Crippen molar-refractivity contribution >= 4 is 11.6 Å². The molecule has 4 heteroatoms. The Labute approximate surface area is 135 Å². The highest BCUT2D eigenvalue weighted by molar-refractivity contribution is 6.30. The molecule has 0 bridgehead atoms. The summed E-state index contributed by atoms with van der Waals surface area (Å²) in [5.41, 5.74) is 3.70. The van der Waals surface area contributed by atoms with Crippen molar-refractivity contribution in [1.82, 2.24) is 15.2 Å². The molecular formula is C18H16ClN3. The molecule has 0 saturated heterocycles. The fourth-order valence-corrected chi connectivity index (χ4v) is 2.39. The van der Waals surface area contributed by atoms with Gasteiger partial charge in [0.15, 0.2) is 5.82 Å². The summed E-state index contributed by atoms with van der Waals surface area (Å²) >= 11 is 5.96. The minimum atomic E-state index is 0.253. The molecule has 0 N–H and O–H groups in total. The first-order valence-electron chi connectivity index (χ1n) is 7.21. The van der Waals surface area contributed by atoms with E-state index >= 15 is 0 Å². The number of rotatable bonds is 3. The van der Waals surface area contributed by atoms with Gasteiger partial charge in [-0.15, -0.1) is 10.2 Å². The maximum atomic E-state index is 5.96. The van der Waals surface area contributed by atoms with E-state index in [-0.39, 0.29) is 5.92 Å². The van der Waals surface area contributed by atoms with Crippen molar-refractivity contribution in [3.05, 3.63) is 65.3 Å². The third-order valence-electron chi connectivity index (χ3n) is 3.41. The van der Waals surface area contributed by atoms with Crippen LogP contribution in [0.3, 0.4) is 0 Å². The van der Waals surface area contributed by atoms with Crippen molar-refractivity contribution in [3.8, 4) is 22.6 Å². The summed E-state index contributed by atoms with van der Waals surface area (Å²) < 4.78 is 0. The highest BCUT2D eigenvalue weighted by atomic mass is 35.5. The van der Waals surface area contributed by atoms with Crippen LogP contribution in [0.2, 0.25) is 5.02 Å². The van der Waals surface area contributed by atoms with Crippen LogP contribution in [-0.4, -0.2) is 15.2 Å². The van der Waals surface area contributed by atoms with Gasteiger partial charge >= 0.3 is 0 Å². The van der Waals surface area contributed by atoms with Gasteiger partial charge in [-0.1, -0.05) is 67.9 Å². The van der Waals surface area contributed by atoms with Gasteiger partial charge in [-0.05, 0) is 18.1 Å². The van der Waals surface area contributed by atoms with E-state index in [1.165, 1.54) is 0 Å². The summed E-state index contributed by atoms with van der Waals surface area (Å²) in [6.07, 6.45) is 0. The highest BCUT2D eigenvalue weighted by Crippen LogP contribution is 2.28. The van der Waals surface area contributed by atoms with Crippen LogP contribution in [0.1, 0.15) is 25.5 Å². The number of hydrogen-bond acceptors (Lipinski definition) is 3. The van der Waals surface area contributed by atoms with Crippen LogP contribution in [0, 0.1) is 0 Å². The standard InChI is InChI=1S/C18H16ClN3/c1-12(2)16-17(13-8-10-15(19)11-9-13)21-22-18(20-16)14-6-4-3-5-7-14/h3-12H,1-2H3. The second-order valence-electron chi connectivity index (χ2n) is 5.40. The maximum Gasteiger partial charge on any atom is 0.182 e. The van der Waals surface area contributed by atoms with Gasteiger partial charge in [0.05, 0.1) is 5.69 Å². The van der Waals surface area contributed by atoms with Crippen molar-refractivity contribution in [1.29, 1.82) is 0 Å². The second kappa shape index (κ2) is 6.24. The average Bonchev–Trinajstić information content (AvgIpc) is 2.56. The molecule has 0 fully saturated rings. The number of aromatic nitrogens is 3. The van der Waals surface area contributed by atoms with E-state index in [0.717, 1.165) is 22.5 Å². The smallest absolute Gasteiger partial charge is 0.182 e. The summed E-state index contributed by atoms with van der Waals surface area (Å²) in [7, 11) is 0. The second-order valence-corrected chi connectivity index (χ2v) is 5.83. The molecule has 0 aliphatic heterocycles. The molecule has 0 radical (unpaired) electrons. The first kappa shape index (κ1) is 14.7. The molecular weight excluding hydrogens is 294 g/mol. The fourth-order valence-electron chi connectivity index (χ4n) is 2.26. The Hall–Kier alpha value is -2.26. The van der Waals surface area contributed by atoms with Gasteiger partial charge in [0, 0.05) is 16.1 Å². The van der Waals surface area contributed by atoms with Crippen LogP contribution >= 0.6 is 11.6 Å². The van der Waals surface area contributed by atoms with E-state index < -0.39 is 0 Å². The average molecular weight is 310 g/mol. The molecule has 22 heavy (non-hydrogen) atoms. The lowest BCUT2D eigenvalue weighted by molar-refractivity contribution is 0.795. The zero-order valence-corrected chi connectivity index (χ0v) is 13.2. The minimum absolute atomic E-state index is 0.253. The molecule has 0 spiro atoms. The molecule has 1 heterocycles. The zero-order chi connectivity index (χ0) is 15.5. The molecule has 3 nitrogen and oxygen atoms in total. The van der Waals surface area contributed by atoms with E-state index in [9.17, 15) is 0 Å². The maximum absolute atomic E-state index is 5.96. The molecule has 0 saturated carbocycles. The van der Waals surface area contributed by atoms with E-state index in [0.29, 0.717) is 10.8 Å². The first-order chi connectivity index (χ1) is 10.6. The van der Waals surface area contributed by atoms with Crippen molar-refractivity contribution < 1.29 is 0 Å². The molecule has 0 amide bonds. The summed E-state index contributed by atoms with van der Waals surface area (Å²) in [5.74, 6) is 0.908. The quantitative estimate of drug-likeness (QED) is 0.684. The van der Waals surface area contributed by atoms with Gasteiger partial charge in [-0.2, -0.15) is 0 Å². The largest absolute Gasteiger partial charge is 0.229 e. The van der Waals surface area contributed by atoms with Crippen LogP contribution in [-0.2, 0) is 0 Å². The van der Waals surface area contributed by atoms with Gasteiger partial charge in [-0.25, -0.2) is 4.98 Å². The normalized spacial score (nSPS) is 10.9. The van der Waals surface area contributed by atoms with Crippen molar-refractivity contribution in [3.63, 3.8) is 0 Å². The fraction of sp³-hybridized carbons (Fsp3) is 0.167. The summed E-state index contributed by atoms with van der Waals surface area (Å²) in [6.45, 7) is 4.22. The lowest BCUT2D eigenvalue weighted by Gasteiger charge is -2.12. The van der Waals surface area contributed by atoms with Gasteiger partial charge in [0.1, 0.15) is 5.69 Å². The molecule has 2 aromatic carbocycles. The van der Waals surface area contributed by atoms with Crippen LogP contribution in [0.15, 0.2) is 54.6 Å². The van der Waals surface area contributed by atoms with Crippen LogP contribution in [0.25, 0.3) is 22.6 Å².